The zero-order chi connectivity index (χ0) is 26.5. The minimum absolute atomic E-state index is 0.0101. The van der Waals surface area contributed by atoms with Crippen LogP contribution in [0.15, 0.2) is 48.5 Å². The Morgan fingerprint density at radius 3 is 2.19 bits per heavy atom. The molecule has 1 aliphatic rings. The van der Waals surface area contributed by atoms with Crippen LogP contribution >= 0.6 is 0 Å². The summed E-state index contributed by atoms with van der Waals surface area (Å²) in [7, 11) is 1.01. The van der Waals surface area contributed by atoms with Crippen LogP contribution < -0.4 is 5.32 Å². The number of carboxylic acids is 1. The summed E-state index contributed by atoms with van der Waals surface area (Å²) in [5.41, 5.74) is -3.79. The summed E-state index contributed by atoms with van der Waals surface area (Å²) < 4.78 is 81.5. The number of halogens is 6. The van der Waals surface area contributed by atoms with E-state index >= 15 is 0 Å². The van der Waals surface area contributed by atoms with Gasteiger partial charge in [0.1, 0.15) is 0 Å². The zero-order valence-electron chi connectivity index (χ0n) is 18.7. The highest BCUT2D eigenvalue weighted by Crippen LogP contribution is 2.46. The fourth-order valence-corrected chi connectivity index (χ4v) is 4.14. The molecule has 36 heavy (non-hydrogen) atoms. The van der Waals surface area contributed by atoms with Crippen molar-refractivity contribution in [3.8, 4) is 0 Å². The van der Waals surface area contributed by atoms with Gasteiger partial charge >= 0.3 is 18.3 Å². The van der Waals surface area contributed by atoms with Gasteiger partial charge in [0.2, 0.25) is 0 Å². The lowest BCUT2D eigenvalue weighted by Gasteiger charge is -2.19. The van der Waals surface area contributed by atoms with E-state index < -0.39 is 53.0 Å². The van der Waals surface area contributed by atoms with Crippen molar-refractivity contribution in [1.29, 1.82) is 0 Å². The van der Waals surface area contributed by atoms with Crippen LogP contribution in [-0.4, -0.2) is 26.8 Å². The third kappa shape index (κ3) is 4.93. The molecular formula is C24H19F6N3O3. The molecule has 0 aliphatic heterocycles. The quantitative estimate of drug-likeness (QED) is 0.448. The molecule has 0 atom stereocenters. The number of aromatic carboxylic acids is 1. The van der Waals surface area contributed by atoms with Gasteiger partial charge < -0.3 is 10.4 Å². The Morgan fingerprint density at radius 1 is 1.03 bits per heavy atom. The highest BCUT2D eigenvalue weighted by Gasteiger charge is 2.48. The van der Waals surface area contributed by atoms with Crippen LogP contribution in [-0.2, 0) is 31.4 Å². The minimum atomic E-state index is -4.96. The molecule has 1 heterocycles. The lowest BCUT2D eigenvalue weighted by molar-refractivity contribution is -0.144. The third-order valence-corrected chi connectivity index (χ3v) is 6.03. The summed E-state index contributed by atoms with van der Waals surface area (Å²) in [6, 6.07) is 9.70. The first kappa shape index (κ1) is 25.3. The number of rotatable bonds is 6. The summed E-state index contributed by atoms with van der Waals surface area (Å²) in [6.07, 6.45) is -9.21. The molecule has 190 valence electrons. The summed E-state index contributed by atoms with van der Waals surface area (Å²) in [5, 5.41) is 15.5. The first-order chi connectivity index (χ1) is 16.7. The number of hydrogen-bond donors (Lipinski definition) is 2. The van der Waals surface area contributed by atoms with Crippen molar-refractivity contribution < 1.29 is 41.0 Å². The predicted molar refractivity (Wildman–Crippen MR) is 114 cm³/mol. The molecule has 6 nitrogen and oxygen atoms in total. The Balaban J connectivity index is 1.70. The largest absolute Gasteiger partial charge is 0.478 e. The highest BCUT2D eigenvalue weighted by molar-refractivity contribution is 5.97. The Labute approximate surface area is 200 Å². The van der Waals surface area contributed by atoms with Gasteiger partial charge in [-0.15, -0.1) is 0 Å². The van der Waals surface area contributed by atoms with Gasteiger partial charge in [-0.05, 0) is 42.2 Å². The second-order valence-electron chi connectivity index (χ2n) is 8.59. The second kappa shape index (κ2) is 8.68. The number of amides is 1. The van der Waals surface area contributed by atoms with Gasteiger partial charge in [-0.25, -0.2) is 4.79 Å². The van der Waals surface area contributed by atoms with Crippen LogP contribution in [0, 0.1) is 0 Å². The molecular weight excluding hydrogens is 492 g/mol. The molecule has 2 aromatic carbocycles. The average molecular weight is 511 g/mol. The van der Waals surface area contributed by atoms with E-state index in [0.717, 1.165) is 25.2 Å². The van der Waals surface area contributed by atoms with E-state index in [1.165, 1.54) is 30.3 Å². The monoisotopic (exact) mass is 511 g/mol. The fourth-order valence-electron chi connectivity index (χ4n) is 4.14. The van der Waals surface area contributed by atoms with Gasteiger partial charge in [-0.2, -0.15) is 31.4 Å². The van der Waals surface area contributed by atoms with Crippen molar-refractivity contribution in [3.05, 3.63) is 87.7 Å². The Hall–Kier alpha value is -3.83. The van der Waals surface area contributed by atoms with Crippen molar-refractivity contribution in [3.63, 3.8) is 0 Å². The number of carbonyl (C=O) groups is 2. The standard InChI is InChI=1S/C24H19F6N3O3/c1-33-19(24(28,29)30)18(17(32-33)12-13-3-2-4-16(11-13)23(25,26)27)20(34)31-22(9-10-22)15-7-5-14(6-8-15)21(35)36/h2-8,11H,9-10,12H2,1H3,(H,31,34)(H,35,36). The smallest absolute Gasteiger partial charge is 0.433 e. The number of carbonyl (C=O) groups excluding carboxylic acids is 1. The first-order valence-corrected chi connectivity index (χ1v) is 10.7. The molecule has 1 amide bonds. The maximum absolute atomic E-state index is 13.9. The van der Waals surface area contributed by atoms with Crippen molar-refractivity contribution in [2.75, 3.05) is 0 Å². The van der Waals surface area contributed by atoms with Gasteiger partial charge in [0.25, 0.3) is 5.91 Å². The normalized spacial score (nSPS) is 15.0. The number of aryl methyl sites for hydroxylation is 1. The van der Waals surface area contributed by atoms with E-state index in [2.05, 4.69) is 10.4 Å². The van der Waals surface area contributed by atoms with E-state index in [-0.39, 0.29) is 16.8 Å². The van der Waals surface area contributed by atoms with Crippen molar-refractivity contribution >= 4 is 11.9 Å². The number of benzene rings is 2. The van der Waals surface area contributed by atoms with E-state index in [0.29, 0.717) is 23.1 Å². The summed E-state index contributed by atoms with van der Waals surface area (Å²) >= 11 is 0. The molecule has 0 spiro atoms. The molecule has 2 N–H and O–H groups in total. The van der Waals surface area contributed by atoms with Crippen molar-refractivity contribution in [2.45, 2.75) is 37.2 Å². The maximum Gasteiger partial charge on any atom is 0.433 e. The number of nitrogens with zero attached hydrogens (tertiary/aromatic N) is 2. The van der Waals surface area contributed by atoms with Crippen LogP contribution in [0.1, 0.15) is 61.6 Å². The molecule has 1 fully saturated rings. The van der Waals surface area contributed by atoms with Crippen LogP contribution in [0.5, 0.6) is 0 Å². The molecule has 0 radical (unpaired) electrons. The van der Waals surface area contributed by atoms with Crippen molar-refractivity contribution in [1.82, 2.24) is 15.1 Å². The van der Waals surface area contributed by atoms with E-state index in [1.807, 2.05) is 0 Å². The molecule has 1 aliphatic carbocycles. The number of alkyl halides is 6. The molecule has 0 saturated heterocycles. The Morgan fingerprint density at radius 2 is 1.67 bits per heavy atom. The molecule has 0 unspecified atom stereocenters. The highest BCUT2D eigenvalue weighted by atomic mass is 19.4. The first-order valence-electron chi connectivity index (χ1n) is 10.7. The average Bonchev–Trinajstić information content (AvgIpc) is 3.48. The van der Waals surface area contributed by atoms with Gasteiger partial charge in [0.05, 0.1) is 27.9 Å². The minimum Gasteiger partial charge on any atom is -0.478 e. The van der Waals surface area contributed by atoms with Crippen LogP contribution in [0.3, 0.4) is 0 Å². The number of nitrogens with one attached hydrogen (secondary N) is 1. The van der Waals surface area contributed by atoms with Gasteiger partial charge in [0.15, 0.2) is 5.69 Å². The predicted octanol–water partition coefficient (Wildman–Crippen LogP) is 5.17. The van der Waals surface area contributed by atoms with Gasteiger partial charge in [-0.3, -0.25) is 9.48 Å². The molecule has 1 saturated carbocycles. The number of hydrogen-bond acceptors (Lipinski definition) is 3. The number of aromatic nitrogens is 2. The lowest BCUT2D eigenvalue weighted by atomic mass is 10.00. The van der Waals surface area contributed by atoms with Gasteiger partial charge in [0, 0.05) is 13.5 Å². The molecule has 1 aromatic heterocycles. The molecule has 0 bridgehead atoms. The Kier molecular flexibility index (Phi) is 6.09. The van der Waals surface area contributed by atoms with E-state index in [4.69, 9.17) is 5.11 Å². The Bertz CT molecular complexity index is 1320. The van der Waals surface area contributed by atoms with Crippen LogP contribution in [0.4, 0.5) is 26.3 Å². The summed E-state index contributed by atoms with van der Waals surface area (Å²) in [4.78, 5) is 24.3. The third-order valence-electron chi connectivity index (χ3n) is 6.03. The van der Waals surface area contributed by atoms with E-state index in [1.54, 1.807) is 0 Å². The zero-order valence-corrected chi connectivity index (χ0v) is 18.7. The fraction of sp³-hybridized carbons (Fsp3) is 0.292. The van der Waals surface area contributed by atoms with Gasteiger partial charge in [-0.1, -0.05) is 30.3 Å². The molecule has 4 rings (SSSR count). The van der Waals surface area contributed by atoms with Crippen LogP contribution in [0.2, 0.25) is 0 Å². The summed E-state index contributed by atoms with van der Waals surface area (Å²) in [5.74, 6) is -2.22. The second-order valence-corrected chi connectivity index (χ2v) is 8.59. The SMILES string of the molecule is Cn1nc(Cc2cccc(C(F)(F)F)c2)c(C(=O)NC2(c3ccc(C(=O)O)cc3)CC2)c1C(F)(F)F. The topological polar surface area (TPSA) is 84.2 Å². The molecule has 12 heteroatoms. The van der Waals surface area contributed by atoms with Crippen LogP contribution in [0.25, 0.3) is 0 Å². The maximum atomic E-state index is 13.9. The molecule has 3 aromatic rings. The van der Waals surface area contributed by atoms with E-state index in [9.17, 15) is 35.9 Å². The lowest BCUT2D eigenvalue weighted by Crippen LogP contribution is -2.36. The summed E-state index contributed by atoms with van der Waals surface area (Å²) in [6.45, 7) is 0. The number of carboxylic acid groups (broad SMARTS) is 1. The van der Waals surface area contributed by atoms with Crippen molar-refractivity contribution in [2.24, 2.45) is 7.05 Å².